The number of benzene rings is 1. The fourth-order valence-electron chi connectivity index (χ4n) is 6.37. The minimum absolute atomic E-state index is 0.0191. The van der Waals surface area contributed by atoms with Crippen LogP contribution in [0.25, 0.3) is 5.65 Å². The Labute approximate surface area is 260 Å². The molecule has 0 aliphatic carbocycles. The van der Waals surface area contributed by atoms with Gasteiger partial charge in [0.15, 0.2) is 5.65 Å². The summed E-state index contributed by atoms with van der Waals surface area (Å²) in [6.07, 6.45) is -2.98. The number of pyridine rings is 2. The van der Waals surface area contributed by atoms with Crippen LogP contribution < -0.4 is 4.90 Å². The summed E-state index contributed by atoms with van der Waals surface area (Å²) in [5, 5.41) is 16.8. The smallest absolute Gasteiger partial charge is 0.452 e. The van der Waals surface area contributed by atoms with E-state index in [2.05, 4.69) is 15.2 Å². The van der Waals surface area contributed by atoms with Gasteiger partial charge in [0.2, 0.25) is 15.8 Å². The molecule has 2 aliphatic heterocycles. The van der Waals surface area contributed by atoms with Crippen molar-refractivity contribution in [3.63, 3.8) is 0 Å². The van der Waals surface area contributed by atoms with E-state index in [4.69, 9.17) is 0 Å². The standard InChI is InChI=1S/C30H29F5N6O4S/c1-17-5-6-19(23(13-25(42)43)22-8-11-40-26(18(22)2)37-38-28(40)30(33,34)35)12-20(17)14-39-15-21-7-9-29(31,32)16-41(21)27-24(46(39,44)45)4-3-10-36-27/h3-6,8,10-12,21,23H,7,9,13-16H2,1-2H3,(H,42,43)/t21-,23-/m1/s1. The number of hydrogen-bond acceptors (Lipinski definition) is 7. The Morgan fingerprint density at radius 1 is 1.15 bits per heavy atom. The number of aliphatic carboxylic acids is 1. The molecule has 16 heteroatoms. The lowest BCUT2D eigenvalue weighted by Crippen LogP contribution is -2.52. The molecule has 10 nitrogen and oxygen atoms in total. The molecule has 2 atom stereocenters. The summed E-state index contributed by atoms with van der Waals surface area (Å²) in [7, 11) is -4.19. The molecule has 6 rings (SSSR count). The highest BCUT2D eigenvalue weighted by atomic mass is 32.2. The summed E-state index contributed by atoms with van der Waals surface area (Å²) in [6.45, 7) is 2.45. The van der Waals surface area contributed by atoms with Gasteiger partial charge in [0.1, 0.15) is 10.7 Å². The Bertz CT molecular complexity index is 1950. The SMILES string of the molecule is Cc1ccc([C@@H](CC(=O)O)c2ccn3c(C(F)(F)F)nnc3c2C)cc1CN1C[C@H]2CCC(F)(F)CN2c2ncccc2S1(=O)=O. The molecule has 0 saturated carbocycles. The summed E-state index contributed by atoms with van der Waals surface area (Å²) in [5.41, 5.74) is 2.42. The molecule has 0 unspecified atom stereocenters. The van der Waals surface area contributed by atoms with Crippen LogP contribution in [0.1, 0.15) is 58.8 Å². The van der Waals surface area contributed by atoms with Crippen molar-refractivity contribution in [3.8, 4) is 0 Å². The topological polar surface area (TPSA) is 121 Å². The van der Waals surface area contributed by atoms with Crippen LogP contribution in [0.3, 0.4) is 0 Å². The number of carboxylic acids is 1. The number of piperidine rings is 1. The zero-order valence-electron chi connectivity index (χ0n) is 24.7. The number of rotatable bonds is 6. The van der Waals surface area contributed by atoms with Gasteiger partial charge < -0.3 is 10.0 Å². The highest BCUT2D eigenvalue weighted by Gasteiger charge is 2.46. The zero-order chi connectivity index (χ0) is 33.2. The number of fused-ring (bicyclic) bond motifs is 4. The van der Waals surface area contributed by atoms with Gasteiger partial charge in [-0.3, -0.25) is 9.20 Å². The molecule has 1 aromatic carbocycles. The number of carboxylic acid groups (broad SMARTS) is 1. The van der Waals surface area contributed by atoms with Crippen LogP contribution in [0, 0.1) is 13.8 Å². The third-order valence-corrected chi connectivity index (χ3v) is 10.6. The van der Waals surface area contributed by atoms with Crippen LogP contribution in [-0.2, 0) is 27.5 Å². The number of aromatic nitrogens is 4. The van der Waals surface area contributed by atoms with E-state index in [0.29, 0.717) is 27.8 Å². The van der Waals surface area contributed by atoms with Crippen LogP contribution in [-0.4, -0.2) is 68.4 Å². The molecule has 1 N–H and O–H groups in total. The van der Waals surface area contributed by atoms with E-state index in [1.54, 1.807) is 25.1 Å². The summed E-state index contributed by atoms with van der Waals surface area (Å²) in [4.78, 5) is 17.4. The Morgan fingerprint density at radius 2 is 1.91 bits per heavy atom. The Kier molecular flexibility index (Phi) is 7.78. The molecule has 1 saturated heterocycles. The summed E-state index contributed by atoms with van der Waals surface area (Å²) in [6, 6.07) is 8.75. The maximum Gasteiger partial charge on any atom is 0.452 e. The minimum Gasteiger partial charge on any atom is -0.481 e. The van der Waals surface area contributed by atoms with Gasteiger partial charge in [-0.2, -0.15) is 17.5 Å². The predicted molar refractivity (Wildman–Crippen MR) is 155 cm³/mol. The molecule has 0 spiro atoms. The maximum absolute atomic E-state index is 14.5. The molecule has 3 aromatic heterocycles. The fourth-order valence-corrected chi connectivity index (χ4v) is 7.97. The maximum atomic E-state index is 14.5. The highest BCUT2D eigenvalue weighted by Crippen LogP contribution is 2.40. The van der Waals surface area contributed by atoms with Crippen molar-refractivity contribution in [1.82, 2.24) is 23.9 Å². The van der Waals surface area contributed by atoms with Crippen molar-refractivity contribution in [2.75, 3.05) is 18.0 Å². The predicted octanol–water partition coefficient (Wildman–Crippen LogP) is 5.18. The number of nitrogens with zero attached hydrogens (tertiary/aromatic N) is 6. The first-order chi connectivity index (χ1) is 21.6. The number of hydrogen-bond donors (Lipinski definition) is 1. The lowest BCUT2D eigenvalue weighted by Gasteiger charge is -2.40. The van der Waals surface area contributed by atoms with Gasteiger partial charge in [-0.05, 0) is 66.3 Å². The lowest BCUT2D eigenvalue weighted by molar-refractivity contribution is -0.145. The molecule has 0 radical (unpaired) electrons. The number of halogens is 5. The third-order valence-electron chi connectivity index (χ3n) is 8.74. The Morgan fingerprint density at radius 3 is 2.63 bits per heavy atom. The van der Waals surface area contributed by atoms with Gasteiger partial charge >= 0.3 is 12.1 Å². The molecular formula is C30H29F5N6O4S. The van der Waals surface area contributed by atoms with Crippen LogP contribution in [0.15, 0.2) is 53.7 Å². The monoisotopic (exact) mass is 664 g/mol. The van der Waals surface area contributed by atoms with E-state index >= 15 is 0 Å². The second-order valence-electron chi connectivity index (χ2n) is 11.7. The molecule has 244 valence electrons. The summed E-state index contributed by atoms with van der Waals surface area (Å²) >= 11 is 0. The van der Waals surface area contributed by atoms with Crippen molar-refractivity contribution >= 4 is 27.5 Å². The van der Waals surface area contributed by atoms with Crippen molar-refractivity contribution in [3.05, 3.63) is 82.4 Å². The van der Waals surface area contributed by atoms with Gasteiger partial charge in [0, 0.05) is 43.9 Å². The molecule has 2 aliphatic rings. The van der Waals surface area contributed by atoms with Gasteiger partial charge in [0.05, 0.1) is 13.0 Å². The molecule has 0 bridgehead atoms. The van der Waals surface area contributed by atoms with Gasteiger partial charge in [0.25, 0.3) is 5.92 Å². The second kappa shape index (κ2) is 11.3. The Hall–Kier alpha value is -4.18. The first-order valence-corrected chi connectivity index (χ1v) is 15.8. The normalized spacial score (nSPS) is 20.2. The largest absolute Gasteiger partial charge is 0.481 e. The zero-order valence-corrected chi connectivity index (χ0v) is 25.5. The first kappa shape index (κ1) is 31.8. The van der Waals surface area contributed by atoms with Gasteiger partial charge in [-0.25, -0.2) is 22.2 Å². The van der Waals surface area contributed by atoms with Gasteiger partial charge in [-0.15, -0.1) is 10.2 Å². The number of aryl methyl sites for hydroxylation is 2. The highest BCUT2D eigenvalue weighted by molar-refractivity contribution is 7.89. The van der Waals surface area contributed by atoms with Crippen molar-refractivity contribution in [2.24, 2.45) is 0 Å². The van der Waals surface area contributed by atoms with E-state index in [9.17, 15) is 40.3 Å². The van der Waals surface area contributed by atoms with Crippen LogP contribution in [0.2, 0.25) is 0 Å². The minimum atomic E-state index is -4.75. The van der Waals surface area contributed by atoms with Crippen LogP contribution in [0.5, 0.6) is 0 Å². The number of sulfonamides is 1. The van der Waals surface area contributed by atoms with Crippen LogP contribution in [0.4, 0.5) is 27.8 Å². The fraction of sp³-hybridized carbons (Fsp3) is 0.400. The van der Waals surface area contributed by atoms with E-state index in [1.807, 2.05) is 0 Å². The average molecular weight is 665 g/mol. The van der Waals surface area contributed by atoms with Gasteiger partial charge in [-0.1, -0.05) is 18.2 Å². The van der Waals surface area contributed by atoms with Crippen LogP contribution >= 0.6 is 0 Å². The molecule has 5 heterocycles. The summed E-state index contributed by atoms with van der Waals surface area (Å²) in [5.74, 6) is -6.21. The van der Waals surface area contributed by atoms with E-state index in [-0.39, 0.29) is 35.9 Å². The molecule has 1 fully saturated rings. The number of anilines is 1. The molecule has 0 amide bonds. The lowest BCUT2D eigenvalue weighted by atomic mass is 9.85. The van der Waals surface area contributed by atoms with E-state index in [0.717, 1.165) is 10.6 Å². The number of alkyl halides is 5. The average Bonchev–Trinajstić information content (AvgIpc) is 3.40. The quantitative estimate of drug-likeness (QED) is 0.280. The first-order valence-electron chi connectivity index (χ1n) is 14.4. The van der Waals surface area contributed by atoms with E-state index in [1.165, 1.54) is 40.5 Å². The molecular weight excluding hydrogens is 635 g/mol. The van der Waals surface area contributed by atoms with Crippen molar-refractivity contribution in [2.45, 2.75) is 68.6 Å². The molecule has 4 aromatic rings. The second-order valence-corrected chi connectivity index (χ2v) is 13.7. The summed E-state index contributed by atoms with van der Waals surface area (Å²) < 4.78 is 99.3. The van der Waals surface area contributed by atoms with Crippen molar-refractivity contribution in [1.29, 1.82) is 0 Å². The number of carbonyl (C=O) groups is 1. The Balaban J connectivity index is 1.40. The third kappa shape index (κ3) is 5.68. The van der Waals surface area contributed by atoms with E-state index < -0.39 is 65.3 Å². The van der Waals surface area contributed by atoms with Crippen molar-refractivity contribution < 1.29 is 40.3 Å². The molecule has 46 heavy (non-hydrogen) atoms.